The Labute approximate surface area is 67.1 Å². The Morgan fingerprint density at radius 2 is 1.80 bits per heavy atom. The predicted octanol–water partition coefficient (Wildman–Crippen LogP) is 0.278. The van der Waals surface area contributed by atoms with Crippen LogP contribution >= 0.6 is 11.6 Å². The molecule has 0 aliphatic rings. The highest BCUT2D eigenvalue weighted by Crippen LogP contribution is 1.78. The molecule has 0 rings (SSSR count). The van der Waals surface area contributed by atoms with Crippen molar-refractivity contribution in [2.24, 2.45) is 5.73 Å². The third kappa shape index (κ3) is 47.1. The van der Waals surface area contributed by atoms with Gasteiger partial charge < -0.3 is 10.6 Å². The molecular weight excluding hydrogens is 152 g/mol. The number of nitrogens with two attached hydrogens (primary N) is 1. The van der Waals surface area contributed by atoms with Crippen LogP contribution in [0.3, 0.4) is 0 Å². The standard InChI is InChI=1S/C3H6ClNO.C3H9N/c4-2-1-3(5)6;1-4(2)3/h1-2H2,(H2,5,6);1-3H3. The van der Waals surface area contributed by atoms with E-state index in [1.54, 1.807) is 0 Å². The maximum absolute atomic E-state index is 9.74. The summed E-state index contributed by atoms with van der Waals surface area (Å²) < 4.78 is 0. The molecule has 4 heteroatoms. The van der Waals surface area contributed by atoms with E-state index in [2.05, 4.69) is 5.73 Å². The van der Waals surface area contributed by atoms with E-state index >= 15 is 0 Å². The Hall–Kier alpha value is -0.280. The molecule has 0 aromatic heterocycles. The summed E-state index contributed by atoms with van der Waals surface area (Å²) in [5, 5.41) is 0. The van der Waals surface area contributed by atoms with Crippen molar-refractivity contribution in [2.75, 3.05) is 27.0 Å². The van der Waals surface area contributed by atoms with E-state index in [4.69, 9.17) is 11.6 Å². The van der Waals surface area contributed by atoms with Gasteiger partial charge in [-0.25, -0.2) is 0 Å². The Morgan fingerprint density at radius 1 is 1.50 bits per heavy atom. The third-order valence-electron chi connectivity index (χ3n) is 0.341. The zero-order chi connectivity index (χ0) is 8.57. The molecule has 0 aromatic carbocycles. The van der Waals surface area contributed by atoms with Crippen molar-refractivity contribution < 1.29 is 4.79 Å². The van der Waals surface area contributed by atoms with Crippen molar-refractivity contribution in [2.45, 2.75) is 6.42 Å². The second kappa shape index (κ2) is 8.72. The molecule has 10 heavy (non-hydrogen) atoms. The van der Waals surface area contributed by atoms with Crippen LogP contribution in [-0.2, 0) is 4.79 Å². The summed E-state index contributed by atoms with van der Waals surface area (Å²) in [7, 11) is 6.00. The molecule has 0 unspecified atom stereocenters. The maximum atomic E-state index is 9.74. The number of halogens is 1. The van der Waals surface area contributed by atoms with Crippen LogP contribution < -0.4 is 5.73 Å². The van der Waals surface area contributed by atoms with Crippen molar-refractivity contribution in [1.29, 1.82) is 0 Å². The largest absolute Gasteiger partial charge is 0.370 e. The van der Waals surface area contributed by atoms with Crippen LogP contribution in [0.4, 0.5) is 0 Å². The van der Waals surface area contributed by atoms with Crippen LogP contribution in [0.2, 0.25) is 0 Å². The van der Waals surface area contributed by atoms with Gasteiger partial charge in [0.2, 0.25) is 5.91 Å². The number of alkyl halides is 1. The number of primary amides is 1. The van der Waals surface area contributed by atoms with Crippen molar-refractivity contribution in [3.63, 3.8) is 0 Å². The number of hydrogen-bond donors (Lipinski definition) is 1. The van der Waals surface area contributed by atoms with Gasteiger partial charge in [0.25, 0.3) is 0 Å². The summed E-state index contributed by atoms with van der Waals surface area (Å²) in [5.74, 6) is -0.0139. The Kier molecular flexibility index (Phi) is 10.8. The lowest BCUT2D eigenvalue weighted by molar-refractivity contribution is -0.117. The topological polar surface area (TPSA) is 46.3 Å². The second-order valence-corrected chi connectivity index (χ2v) is 2.62. The third-order valence-corrected chi connectivity index (χ3v) is 0.530. The zero-order valence-corrected chi connectivity index (χ0v) is 7.48. The molecule has 3 nitrogen and oxygen atoms in total. The van der Waals surface area contributed by atoms with Crippen LogP contribution in [0.1, 0.15) is 6.42 Å². The van der Waals surface area contributed by atoms with E-state index in [-0.39, 0.29) is 12.3 Å². The van der Waals surface area contributed by atoms with Crippen molar-refractivity contribution in [3.05, 3.63) is 0 Å². The van der Waals surface area contributed by atoms with Crippen molar-refractivity contribution in [3.8, 4) is 0 Å². The minimum absolute atomic E-state index is 0.279. The normalized spacial score (nSPS) is 8.50. The molecule has 0 saturated heterocycles. The average molecular weight is 167 g/mol. The molecule has 0 fully saturated rings. The maximum Gasteiger partial charge on any atom is 0.218 e. The quantitative estimate of drug-likeness (QED) is 0.599. The molecular formula is C6H15ClN2O. The van der Waals surface area contributed by atoms with Crippen LogP contribution in [-0.4, -0.2) is 37.8 Å². The monoisotopic (exact) mass is 166 g/mol. The van der Waals surface area contributed by atoms with Crippen LogP contribution in [0, 0.1) is 0 Å². The molecule has 0 aromatic rings. The van der Waals surface area contributed by atoms with Gasteiger partial charge in [0.15, 0.2) is 0 Å². The number of nitrogens with zero attached hydrogens (tertiary/aromatic N) is 1. The number of carbonyl (C=O) groups excluding carboxylic acids is 1. The number of rotatable bonds is 2. The molecule has 0 aliphatic carbocycles. The summed E-state index contributed by atoms with van der Waals surface area (Å²) in [5.41, 5.74) is 4.68. The van der Waals surface area contributed by atoms with Gasteiger partial charge in [-0.1, -0.05) is 0 Å². The van der Waals surface area contributed by atoms with E-state index in [0.717, 1.165) is 0 Å². The van der Waals surface area contributed by atoms with Gasteiger partial charge in [-0.2, -0.15) is 0 Å². The first-order chi connectivity index (χ1) is 4.50. The van der Waals surface area contributed by atoms with Gasteiger partial charge in [-0.15, -0.1) is 11.6 Å². The Balaban J connectivity index is 0. The number of amides is 1. The SMILES string of the molecule is CN(C)C.NC(=O)CCCl. The fourth-order valence-corrected chi connectivity index (χ4v) is 0.279. The van der Waals surface area contributed by atoms with Gasteiger partial charge >= 0.3 is 0 Å². The lowest BCUT2D eigenvalue weighted by atomic mass is 10.5. The molecule has 62 valence electrons. The molecule has 0 spiro atoms. The summed E-state index contributed by atoms with van der Waals surface area (Å²) in [6.07, 6.45) is 0.279. The molecule has 0 saturated carbocycles. The smallest absolute Gasteiger partial charge is 0.218 e. The molecule has 1 amide bonds. The Morgan fingerprint density at radius 3 is 1.80 bits per heavy atom. The Bertz CT molecular complexity index is 83.1. The molecule has 2 N–H and O–H groups in total. The summed E-state index contributed by atoms with van der Waals surface area (Å²) in [6.45, 7) is 0. The van der Waals surface area contributed by atoms with Crippen molar-refractivity contribution >= 4 is 17.5 Å². The zero-order valence-electron chi connectivity index (χ0n) is 6.72. The van der Waals surface area contributed by atoms with Gasteiger partial charge in [-0.3, -0.25) is 4.79 Å². The van der Waals surface area contributed by atoms with Gasteiger partial charge in [0.1, 0.15) is 0 Å². The minimum Gasteiger partial charge on any atom is -0.370 e. The van der Waals surface area contributed by atoms with E-state index < -0.39 is 0 Å². The summed E-state index contributed by atoms with van der Waals surface area (Å²) >= 11 is 5.10. The lowest BCUT2D eigenvalue weighted by Crippen LogP contribution is -2.09. The van der Waals surface area contributed by atoms with E-state index in [1.807, 2.05) is 26.0 Å². The molecule has 0 aliphatic heterocycles. The highest BCUT2D eigenvalue weighted by atomic mass is 35.5. The predicted molar refractivity (Wildman–Crippen MR) is 44.1 cm³/mol. The first-order valence-electron chi connectivity index (χ1n) is 2.96. The fourth-order valence-electron chi connectivity index (χ4n) is 0.0931. The van der Waals surface area contributed by atoms with E-state index in [1.165, 1.54) is 0 Å². The van der Waals surface area contributed by atoms with E-state index in [0.29, 0.717) is 5.88 Å². The first kappa shape index (κ1) is 12.4. The lowest BCUT2D eigenvalue weighted by Gasteiger charge is -1.90. The summed E-state index contributed by atoms with van der Waals surface area (Å²) in [4.78, 5) is 11.7. The minimum atomic E-state index is -0.343. The molecule has 0 heterocycles. The number of carbonyl (C=O) groups is 1. The molecule has 0 bridgehead atoms. The molecule has 0 radical (unpaired) electrons. The van der Waals surface area contributed by atoms with Crippen molar-refractivity contribution in [1.82, 2.24) is 4.90 Å². The first-order valence-corrected chi connectivity index (χ1v) is 3.49. The van der Waals surface area contributed by atoms with Crippen LogP contribution in [0.25, 0.3) is 0 Å². The fraction of sp³-hybridized carbons (Fsp3) is 0.833. The van der Waals surface area contributed by atoms with Gasteiger partial charge in [0.05, 0.1) is 0 Å². The highest BCUT2D eigenvalue weighted by Gasteiger charge is 1.85. The summed E-state index contributed by atoms with van der Waals surface area (Å²) in [6, 6.07) is 0. The van der Waals surface area contributed by atoms with Gasteiger partial charge in [-0.05, 0) is 21.1 Å². The molecule has 0 atom stereocenters. The van der Waals surface area contributed by atoms with Crippen LogP contribution in [0.5, 0.6) is 0 Å². The van der Waals surface area contributed by atoms with Crippen LogP contribution in [0.15, 0.2) is 0 Å². The highest BCUT2D eigenvalue weighted by molar-refractivity contribution is 6.18. The number of hydrogen-bond acceptors (Lipinski definition) is 2. The van der Waals surface area contributed by atoms with E-state index in [9.17, 15) is 4.79 Å². The average Bonchev–Trinajstić information content (AvgIpc) is 1.62. The van der Waals surface area contributed by atoms with Gasteiger partial charge in [0, 0.05) is 12.3 Å². The second-order valence-electron chi connectivity index (χ2n) is 2.25.